The van der Waals surface area contributed by atoms with Crippen molar-refractivity contribution in [1.29, 1.82) is 0 Å². The largest absolute Gasteiger partial charge is 0.318 e. The van der Waals surface area contributed by atoms with E-state index in [2.05, 4.69) is 10.2 Å². The van der Waals surface area contributed by atoms with E-state index >= 15 is 0 Å². The number of amides is 1. The van der Waals surface area contributed by atoms with E-state index in [0.29, 0.717) is 15.7 Å². The smallest absolute Gasteiger partial charge is 0.304 e. The summed E-state index contributed by atoms with van der Waals surface area (Å²) in [7, 11) is 0. The highest BCUT2D eigenvalue weighted by atomic mass is 35.5. The Morgan fingerprint density at radius 1 is 1.50 bits per heavy atom. The third-order valence-electron chi connectivity index (χ3n) is 1.43. The van der Waals surface area contributed by atoms with E-state index in [-0.39, 0.29) is 6.54 Å². The molecule has 0 aliphatic carbocycles. The molecule has 5 heteroatoms. The van der Waals surface area contributed by atoms with E-state index in [1.807, 2.05) is 0 Å². The Morgan fingerprint density at radius 2 is 2.21 bits per heavy atom. The van der Waals surface area contributed by atoms with Crippen LogP contribution in [0.15, 0.2) is 18.2 Å². The van der Waals surface area contributed by atoms with E-state index in [4.69, 9.17) is 29.8 Å². The number of hydrogen-bond donors (Lipinski definition) is 1. The minimum absolute atomic E-state index is 0.219. The Kier molecular flexibility index (Phi) is 3.75. The van der Waals surface area contributed by atoms with E-state index in [1.54, 1.807) is 12.1 Å². The highest BCUT2D eigenvalue weighted by molar-refractivity contribution is 6.35. The van der Waals surface area contributed by atoms with Gasteiger partial charge >= 0.3 is 5.91 Å². The van der Waals surface area contributed by atoms with Gasteiger partial charge in [-0.2, -0.15) is 0 Å². The zero-order chi connectivity index (χ0) is 10.6. The molecule has 1 N–H and O–H groups in total. The van der Waals surface area contributed by atoms with Gasteiger partial charge in [0.15, 0.2) is 0 Å². The summed E-state index contributed by atoms with van der Waals surface area (Å²) in [5.74, 6) is -0.399. The van der Waals surface area contributed by atoms with Crippen molar-refractivity contribution in [2.45, 2.75) is 0 Å². The number of anilines is 1. The quantitative estimate of drug-likeness (QED) is 0.777. The highest BCUT2D eigenvalue weighted by Crippen LogP contribution is 2.25. The summed E-state index contributed by atoms with van der Waals surface area (Å²) in [6.07, 6.45) is 0. The minimum atomic E-state index is -0.399. The average molecular weight is 229 g/mol. The van der Waals surface area contributed by atoms with Crippen LogP contribution in [0.3, 0.4) is 0 Å². The molecule has 1 aromatic rings. The van der Waals surface area contributed by atoms with Crippen molar-refractivity contribution in [2.75, 3.05) is 11.9 Å². The summed E-state index contributed by atoms with van der Waals surface area (Å²) < 4.78 is 0. The number of nitrogens with one attached hydrogen (secondary N) is 1. The number of nitrogens with zero attached hydrogens (tertiary/aromatic N) is 1. The maximum absolute atomic E-state index is 11.0. The second-order valence-corrected chi connectivity index (χ2v) is 3.33. The van der Waals surface area contributed by atoms with Crippen LogP contribution >= 0.6 is 23.2 Å². The van der Waals surface area contributed by atoms with Crippen LogP contribution in [0.2, 0.25) is 10.0 Å². The molecular formula is C9H6Cl2N2O. The number of halogens is 2. The van der Waals surface area contributed by atoms with Gasteiger partial charge in [-0.15, -0.1) is 0 Å². The summed E-state index contributed by atoms with van der Waals surface area (Å²) in [5.41, 5.74) is 0.424. The molecule has 1 rings (SSSR count). The van der Waals surface area contributed by atoms with E-state index < -0.39 is 5.91 Å². The van der Waals surface area contributed by atoms with Gasteiger partial charge in [-0.25, -0.2) is 6.57 Å². The topological polar surface area (TPSA) is 33.5 Å². The predicted molar refractivity (Wildman–Crippen MR) is 56.6 cm³/mol. The van der Waals surface area contributed by atoms with E-state index in [0.717, 1.165) is 0 Å². The number of carbonyl (C=O) groups is 1. The molecule has 0 fully saturated rings. The van der Waals surface area contributed by atoms with E-state index in [1.165, 1.54) is 6.07 Å². The fourth-order valence-electron chi connectivity index (χ4n) is 0.855. The van der Waals surface area contributed by atoms with Gasteiger partial charge in [0.1, 0.15) is 0 Å². The molecule has 0 bridgehead atoms. The first-order valence-electron chi connectivity index (χ1n) is 3.71. The molecule has 0 aliphatic rings. The van der Waals surface area contributed by atoms with Gasteiger partial charge in [0.2, 0.25) is 0 Å². The van der Waals surface area contributed by atoms with Crippen molar-refractivity contribution >= 4 is 34.8 Å². The van der Waals surface area contributed by atoms with Crippen molar-refractivity contribution in [2.24, 2.45) is 0 Å². The van der Waals surface area contributed by atoms with Crippen LogP contribution in [0.1, 0.15) is 0 Å². The van der Waals surface area contributed by atoms with Gasteiger partial charge in [0.25, 0.3) is 6.54 Å². The van der Waals surface area contributed by atoms with Gasteiger partial charge in [-0.3, -0.25) is 4.79 Å². The molecule has 72 valence electrons. The van der Waals surface area contributed by atoms with Crippen molar-refractivity contribution < 1.29 is 4.79 Å². The summed E-state index contributed by atoms with van der Waals surface area (Å²) in [5, 5.41) is 3.36. The van der Waals surface area contributed by atoms with Crippen LogP contribution < -0.4 is 5.32 Å². The molecular weight excluding hydrogens is 223 g/mol. The average Bonchev–Trinajstić information content (AvgIpc) is 2.12. The van der Waals surface area contributed by atoms with Gasteiger partial charge in [-0.1, -0.05) is 23.2 Å². The van der Waals surface area contributed by atoms with Gasteiger partial charge in [0.05, 0.1) is 10.7 Å². The Labute approximate surface area is 91.4 Å². The van der Waals surface area contributed by atoms with Crippen molar-refractivity contribution in [3.63, 3.8) is 0 Å². The number of rotatable bonds is 2. The highest BCUT2D eigenvalue weighted by Gasteiger charge is 2.07. The second kappa shape index (κ2) is 4.85. The molecule has 3 nitrogen and oxygen atoms in total. The number of hydrogen-bond acceptors (Lipinski definition) is 1. The van der Waals surface area contributed by atoms with Crippen LogP contribution in [0.5, 0.6) is 0 Å². The lowest BCUT2D eigenvalue weighted by atomic mass is 10.3. The Bertz CT molecular complexity index is 398. The summed E-state index contributed by atoms with van der Waals surface area (Å²) in [6, 6.07) is 4.73. The molecule has 0 radical (unpaired) electrons. The molecule has 0 unspecified atom stereocenters. The van der Waals surface area contributed by atoms with Crippen LogP contribution in [-0.2, 0) is 4.79 Å². The third kappa shape index (κ3) is 2.91. The minimum Gasteiger partial charge on any atom is -0.318 e. The molecule has 0 saturated heterocycles. The summed E-state index contributed by atoms with van der Waals surface area (Å²) >= 11 is 11.5. The van der Waals surface area contributed by atoms with Crippen LogP contribution in [-0.4, -0.2) is 12.5 Å². The van der Waals surface area contributed by atoms with Crippen LogP contribution in [0.25, 0.3) is 4.85 Å². The first kappa shape index (κ1) is 10.8. The normalized spacial score (nSPS) is 9.21. The second-order valence-electron chi connectivity index (χ2n) is 2.49. The van der Waals surface area contributed by atoms with Crippen LogP contribution in [0, 0.1) is 6.57 Å². The van der Waals surface area contributed by atoms with Gasteiger partial charge in [0, 0.05) is 5.02 Å². The molecule has 1 aromatic carbocycles. The standard InChI is InChI=1S/C9H6Cl2N2O/c1-12-5-9(14)13-8-4-6(10)2-3-7(8)11/h2-4H,5H2,(H,13,14). The molecule has 1 amide bonds. The molecule has 0 heterocycles. The van der Waals surface area contributed by atoms with Gasteiger partial charge in [-0.05, 0) is 18.2 Å². The Morgan fingerprint density at radius 3 is 2.86 bits per heavy atom. The molecule has 0 atom stereocenters. The fourth-order valence-corrected chi connectivity index (χ4v) is 1.19. The molecule has 14 heavy (non-hydrogen) atoms. The van der Waals surface area contributed by atoms with Crippen molar-refractivity contribution in [1.82, 2.24) is 0 Å². The van der Waals surface area contributed by atoms with Crippen molar-refractivity contribution in [3.05, 3.63) is 39.7 Å². The lowest BCUT2D eigenvalue weighted by molar-refractivity contribution is -0.114. The fraction of sp³-hybridized carbons (Fsp3) is 0.111. The van der Waals surface area contributed by atoms with Crippen molar-refractivity contribution in [3.8, 4) is 0 Å². The number of carbonyl (C=O) groups excluding carboxylic acids is 1. The molecule has 0 spiro atoms. The zero-order valence-corrected chi connectivity index (χ0v) is 8.56. The first-order chi connectivity index (χ1) is 6.63. The van der Waals surface area contributed by atoms with E-state index in [9.17, 15) is 4.79 Å². The third-order valence-corrected chi connectivity index (χ3v) is 1.99. The first-order valence-corrected chi connectivity index (χ1v) is 4.47. The maximum atomic E-state index is 11.0. The molecule has 0 aromatic heterocycles. The predicted octanol–water partition coefficient (Wildman–Crippen LogP) is 2.85. The summed E-state index contributed by atoms with van der Waals surface area (Å²) in [6.45, 7) is 6.28. The summed E-state index contributed by atoms with van der Waals surface area (Å²) in [4.78, 5) is 14.0. The zero-order valence-electron chi connectivity index (χ0n) is 7.05. The molecule has 0 aliphatic heterocycles. The lowest BCUT2D eigenvalue weighted by Crippen LogP contribution is -2.13. The van der Waals surface area contributed by atoms with Gasteiger partial charge < -0.3 is 10.2 Å². The molecule has 0 saturated carbocycles. The Balaban J connectivity index is 2.81. The maximum Gasteiger partial charge on any atom is 0.304 e. The Hall–Kier alpha value is -1.24. The lowest BCUT2D eigenvalue weighted by Gasteiger charge is -2.04. The SMILES string of the molecule is [C-]#[N+]CC(=O)Nc1cc(Cl)ccc1Cl. The van der Waals surface area contributed by atoms with Crippen LogP contribution in [0.4, 0.5) is 5.69 Å². The monoisotopic (exact) mass is 228 g/mol. The number of benzene rings is 1.